The van der Waals surface area contributed by atoms with Crippen LogP contribution in [0.1, 0.15) is 19.1 Å². The summed E-state index contributed by atoms with van der Waals surface area (Å²) in [6.45, 7) is 5.55. The maximum atomic E-state index is 11.6. The molecule has 0 aliphatic heterocycles. The lowest BCUT2D eigenvalue weighted by Crippen LogP contribution is -2.39. The second kappa shape index (κ2) is 13.4. The molecule has 136 valence electrons. The molecule has 0 atom stereocenters. The molecule has 0 radical (unpaired) electrons. The smallest absolute Gasteiger partial charge is 0.241 e. The minimum atomic E-state index is -0.133. The van der Waals surface area contributed by atoms with Gasteiger partial charge in [-0.2, -0.15) is 0 Å². The van der Waals surface area contributed by atoms with Gasteiger partial charge in [0.2, 0.25) is 5.91 Å². The van der Waals surface area contributed by atoms with Gasteiger partial charge >= 0.3 is 0 Å². The first-order valence-electron chi connectivity index (χ1n) is 8.14. The molecular formula is C16H28N4O4. The lowest BCUT2D eigenvalue weighted by atomic mass is 10.4. The van der Waals surface area contributed by atoms with Crippen molar-refractivity contribution >= 4 is 11.9 Å². The van der Waals surface area contributed by atoms with E-state index in [9.17, 15) is 4.79 Å². The number of amides is 1. The lowest BCUT2D eigenvalue weighted by molar-refractivity contribution is -0.119. The zero-order valence-electron chi connectivity index (χ0n) is 14.5. The molecule has 0 aromatic carbocycles. The van der Waals surface area contributed by atoms with E-state index in [0.29, 0.717) is 38.9 Å². The Balaban J connectivity index is 2.14. The summed E-state index contributed by atoms with van der Waals surface area (Å²) in [5.41, 5.74) is 0. The van der Waals surface area contributed by atoms with Gasteiger partial charge in [-0.1, -0.05) is 0 Å². The Bertz CT molecular complexity index is 463. The standard InChI is InChI=1S/C16H28N4O4/c1-3-17-16(20-12-15(21)18-8-11-22-2)19-7-5-9-23-13-14-6-4-10-24-14/h4,6,10H,3,5,7-9,11-13H2,1-2H3,(H,18,21)(H2,17,19,20). The molecule has 1 aromatic heterocycles. The van der Waals surface area contributed by atoms with E-state index in [1.54, 1.807) is 13.4 Å². The van der Waals surface area contributed by atoms with E-state index in [1.165, 1.54) is 0 Å². The molecule has 0 aliphatic rings. The molecule has 1 aromatic rings. The van der Waals surface area contributed by atoms with Crippen LogP contribution in [0.5, 0.6) is 0 Å². The number of ether oxygens (including phenoxy) is 2. The van der Waals surface area contributed by atoms with Gasteiger partial charge in [0.15, 0.2) is 5.96 Å². The first-order chi connectivity index (χ1) is 11.8. The SMILES string of the molecule is CCNC(=NCC(=O)NCCOC)NCCCOCc1ccco1. The Kier molecular flexibility index (Phi) is 11.1. The highest BCUT2D eigenvalue weighted by molar-refractivity contribution is 5.84. The average molecular weight is 340 g/mol. The molecule has 0 aliphatic carbocycles. The minimum absolute atomic E-state index is 0.0774. The van der Waals surface area contributed by atoms with Crippen molar-refractivity contribution < 1.29 is 18.7 Å². The number of carbonyl (C=O) groups is 1. The summed E-state index contributed by atoms with van der Waals surface area (Å²) in [4.78, 5) is 15.8. The van der Waals surface area contributed by atoms with Gasteiger partial charge < -0.3 is 29.8 Å². The molecule has 1 heterocycles. The lowest BCUT2D eigenvalue weighted by Gasteiger charge is -2.11. The van der Waals surface area contributed by atoms with Crippen LogP contribution in [0.2, 0.25) is 0 Å². The Morgan fingerprint density at radius 3 is 2.83 bits per heavy atom. The number of furan rings is 1. The number of nitrogens with zero attached hydrogens (tertiary/aromatic N) is 1. The van der Waals surface area contributed by atoms with Crippen molar-refractivity contribution in [3.05, 3.63) is 24.2 Å². The predicted octanol–water partition coefficient (Wildman–Crippen LogP) is 0.504. The van der Waals surface area contributed by atoms with Crippen molar-refractivity contribution in [1.82, 2.24) is 16.0 Å². The zero-order chi connectivity index (χ0) is 17.5. The fraction of sp³-hybridized carbons (Fsp3) is 0.625. The minimum Gasteiger partial charge on any atom is -0.467 e. The van der Waals surface area contributed by atoms with Crippen LogP contribution in [0.3, 0.4) is 0 Å². The first kappa shape index (κ1) is 20.0. The summed E-state index contributed by atoms with van der Waals surface area (Å²) in [5, 5.41) is 8.99. The second-order valence-electron chi connectivity index (χ2n) is 4.95. The summed E-state index contributed by atoms with van der Waals surface area (Å²) in [7, 11) is 1.59. The molecule has 0 bridgehead atoms. The number of methoxy groups -OCH3 is 1. The fourth-order valence-electron chi connectivity index (χ4n) is 1.79. The largest absolute Gasteiger partial charge is 0.467 e. The number of nitrogens with one attached hydrogen (secondary N) is 3. The highest BCUT2D eigenvalue weighted by Gasteiger charge is 2.02. The van der Waals surface area contributed by atoms with Crippen molar-refractivity contribution in [3.8, 4) is 0 Å². The molecule has 1 amide bonds. The number of hydrogen-bond acceptors (Lipinski definition) is 5. The van der Waals surface area contributed by atoms with E-state index in [4.69, 9.17) is 13.9 Å². The Morgan fingerprint density at radius 1 is 1.25 bits per heavy atom. The molecule has 8 nitrogen and oxygen atoms in total. The summed E-state index contributed by atoms with van der Waals surface area (Å²) < 4.78 is 15.6. The van der Waals surface area contributed by atoms with E-state index in [0.717, 1.165) is 18.7 Å². The highest BCUT2D eigenvalue weighted by Crippen LogP contribution is 2.01. The summed E-state index contributed by atoms with van der Waals surface area (Å²) in [5.74, 6) is 1.30. The fourth-order valence-corrected chi connectivity index (χ4v) is 1.79. The van der Waals surface area contributed by atoms with Gasteiger partial charge in [0, 0.05) is 33.4 Å². The van der Waals surface area contributed by atoms with Crippen molar-refractivity contribution in [1.29, 1.82) is 0 Å². The van der Waals surface area contributed by atoms with Gasteiger partial charge in [-0.25, -0.2) is 4.99 Å². The molecule has 0 unspecified atom stereocenters. The van der Waals surface area contributed by atoms with Crippen molar-refractivity contribution in [3.63, 3.8) is 0 Å². The Labute approximate surface area is 143 Å². The highest BCUT2D eigenvalue weighted by atomic mass is 16.5. The van der Waals surface area contributed by atoms with Crippen LogP contribution in [0.25, 0.3) is 0 Å². The average Bonchev–Trinajstić information content (AvgIpc) is 3.09. The molecule has 24 heavy (non-hydrogen) atoms. The van der Waals surface area contributed by atoms with E-state index in [-0.39, 0.29) is 12.5 Å². The normalized spacial score (nSPS) is 11.3. The van der Waals surface area contributed by atoms with Crippen LogP contribution in [0.15, 0.2) is 27.8 Å². The van der Waals surface area contributed by atoms with Crippen LogP contribution in [0, 0.1) is 0 Å². The summed E-state index contributed by atoms with van der Waals surface area (Å²) in [6.07, 6.45) is 2.45. The third-order valence-corrected chi connectivity index (χ3v) is 2.94. The maximum Gasteiger partial charge on any atom is 0.241 e. The number of guanidine groups is 1. The molecule has 0 fully saturated rings. The maximum absolute atomic E-state index is 11.6. The van der Waals surface area contributed by atoms with Crippen molar-refractivity contribution in [2.24, 2.45) is 4.99 Å². The van der Waals surface area contributed by atoms with E-state index in [2.05, 4.69) is 20.9 Å². The Hall–Kier alpha value is -2.06. The molecule has 0 spiro atoms. The van der Waals surface area contributed by atoms with Gasteiger partial charge in [0.25, 0.3) is 0 Å². The molecule has 1 rings (SSSR count). The van der Waals surface area contributed by atoms with E-state index >= 15 is 0 Å². The van der Waals surface area contributed by atoms with Gasteiger partial charge in [0.05, 0.1) is 12.9 Å². The van der Waals surface area contributed by atoms with Crippen LogP contribution in [-0.4, -0.2) is 58.4 Å². The predicted molar refractivity (Wildman–Crippen MR) is 91.8 cm³/mol. The van der Waals surface area contributed by atoms with Gasteiger partial charge in [0.1, 0.15) is 18.9 Å². The van der Waals surface area contributed by atoms with Crippen LogP contribution >= 0.6 is 0 Å². The number of carbonyl (C=O) groups excluding carboxylic acids is 1. The van der Waals surface area contributed by atoms with E-state index < -0.39 is 0 Å². The van der Waals surface area contributed by atoms with Gasteiger partial charge in [-0.05, 0) is 25.5 Å². The van der Waals surface area contributed by atoms with Crippen molar-refractivity contribution in [2.45, 2.75) is 20.0 Å². The van der Waals surface area contributed by atoms with Crippen molar-refractivity contribution in [2.75, 3.05) is 46.5 Å². The Morgan fingerprint density at radius 2 is 2.12 bits per heavy atom. The number of hydrogen-bond donors (Lipinski definition) is 3. The third kappa shape index (κ3) is 9.86. The first-order valence-corrected chi connectivity index (χ1v) is 8.14. The van der Waals surface area contributed by atoms with Crippen LogP contribution in [0.4, 0.5) is 0 Å². The van der Waals surface area contributed by atoms with E-state index in [1.807, 2.05) is 19.1 Å². The van der Waals surface area contributed by atoms with Gasteiger partial charge in [-0.15, -0.1) is 0 Å². The number of aliphatic imine (C=N–C) groups is 1. The molecular weight excluding hydrogens is 312 g/mol. The summed E-state index contributed by atoms with van der Waals surface area (Å²) >= 11 is 0. The van der Waals surface area contributed by atoms with Crippen LogP contribution < -0.4 is 16.0 Å². The van der Waals surface area contributed by atoms with Crippen LogP contribution in [-0.2, 0) is 20.9 Å². The molecule has 8 heteroatoms. The quantitative estimate of drug-likeness (QED) is 0.291. The zero-order valence-corrected chi connectivity index (χ0v) is 14.5. The summed E-state index contributed by atoms with van der Waals surface area (Å²) in [6, 6.07) is 3.72. The molecule has 0 saturated carbocycles. The second-order valence-corrected chi connectivity index (χ2v) is 4.95. The number of rotatable bonds is 12. The monoisotopic (exact) mass is 340 g/mol. The molecule has 0 saturated heterocycles. The topological polar surface area (TPSA) is 97.1 Å². The third-order valence-electron chi connectivity index (χ3n) is 2.94. The molecule has 3 N–H and O–H groups in total. The van der Waals surface area contributed by atoms with Gasteiger partial charge in [-0.3, -0.25) is 4.79 Å².